The van der Waals surface area contributed by atoms with Gasteiger partial charge in [-0.3, -0.25) is 0 Å². The predicted molar refractivity (Wildman–Crippen MR) is 68.6 cm³/mol. The van der Waals surface area contributed by atoms with Crippen LogP contribution in [0.25, 0.3) is 0 Å². The highest BCUT2D eigenvalue weighted by Gasteiger charge is 2.27. The maximum absolute atomic E-state index is 11.2. The molecule has 3 nitrogen and oxygen atoms in total. The number of carboxylic acid groups (broad SMARTS) is 1. The highest BCUT2D eigenvalue weighted by molar-refractivity contribution is 5.94. The van der Waals surface area contributed by atoms with Crippen molar-refractivity contribution in [2.24, 2.45) is 5.92 Å². The molecule has 0 atom stereocenters. The number of benzene rings is 1. The molecule has 0 heterocycles. The van der Waals surface area contributed by atoms with E-state index in [-0.39, 0.29) is 0 Å². The second kappa shape index (κ2) is 4.78. The molecule has 3 heteroatoms. The lowest BCUT2D eigenvalue weighted by Crippen LogP contribution is -2.34. The Morgan fingerprint density at radius 1 is 1.41 bits per heavy atom. The summed E-state index contributed by atoms with van der Waals surface area (Å²) in [5.74, 6) is -0.0960. The van der Waals surface area contributed by atoms with E-state index in [4.69, 9.17) is 0 Å². The summed E-state index contributed by atoms with van der Waals surface area (Å²) in [6, 6.07) is 7.61. The number of aromatic carboxylic acids is 1. The Balaban J connectivity index is 2.30. The standard InChI is InChI=1S/C14H19NO2/c1-10(2)15(9-11-7-8-11)13-6-4-3-5-12(13)14(16)17/h3-6,10-11H,7-9H2,1-2H3,(H,16,17). The summed E-state index contributed by atoms with van der Waals surface area (Å²) >= 11 is 0. The van der Waals surface area contributed by atoms with Gasteiger partial charge in [-0.15, -0.1) is 0 Å². The average molecular weight is 233 g/mol. The number of para-hydroxylation sites is 1. The van der Waals surface area contributed by atoms with Crippen molar-refractivity contribution in [3.63, 3.8) is 0 Å². The van der Waals surface area contributed by atoms with Crippen molar-refractivity contribution >= 4 is 11.7 Å². The highest BCUT2D eigenvalue weighted by atomic mass is 16.4. The van der Waals surface area contributed by atoms with Gasteiger partial charge in [-0.1, -0.05) is 12.1 Å². The van der Waals surface area contributed by atoms with Crippen molar-refractivity contribution in [1.82, 2.24) is 0 Å². The molecule has 1 aromatic carbocycles. The lowest BCUT2D eigenvalue weighted by molar-refractivity contribution is 0.0697. The topological polar surface area (TPSA) is 40.5 Å². The first-order valence-corrected chi connectivity index (χ1v) is 6.18. The summed E-state index contributed by atoms with van der Waals surface area (Å²) in [6.45, 7) is 5.20. The third-order valence-electron chi connectivity index (χ3n) is 3.22. The van der Waals surface area contributed by atoms with Gasteiger partial charge >= 0.3 is 5.97 Å². The predicted octanol–water partition coefficient (Wildman–Crippen LogP) is 3.01. The molecule has 17 heavy (non-hydrogen) atoms. The summed E-state index contributed by atoms with van der Waals surface area (Å²) in [5, 5.41) is 9.22. The third-order valence-corrected chi connectivity index (χ3v) is 3.22. The molecule has 2 rings (SSSR count). The molecule has 0 bridgehead atoms. The van der Waals surface area contributed by atoms with Crippen molar-refractivity contribution < 1.29 is 9.90 Å². The van der Waals surface area contributed by atoms with E-state index in [9.17, 15) is 9.90 Å². The number of nitrogens with zero attached hydrogens (tertiary/aromatic N) is 1. The lowest BCUT2D eigenvalue weighted by Gasteiger charge is -2.30. The van der Waals surface area contributed by atoms with Gasteiger partial charge in [0.15, 0.2) is 0 Å². The van der Waals surface area contributed by atoms with E-state index in [2.05, 4.69) is 18.7 Å². The quantitative estimate of drug-likeness (QED) is 0.849. The molecule has 1 saturated carbocycles. The van der Waals surface area contributed by atoms with Crippen molar-refractivity contribution in [3.05, 3.63) is 29.8 Å². The molecule has 0 aromatic heterocycles. The van der Waals surface area contributed by atoms with Crippen molar-refractivity contribution in [1.29, 1.82) is 0 Å². The van der Waals surface area contributed by atoms with E-state index in [0.717, 1.165) is 18.2 Å². The van der Waals surface area contributed by atoms with E-state index in [1.807, 2.05) is 12.1 Å². The normalized spacial score (nSPS) is 15.0. The molecule has 0 radical (unpaired) electrons. The highest BCUT2D eigenvalue weighted by Crippen LogP contribution is 2.33. The Kier molecular flexibility index (Phi) is 3.36. The number of carbonyl (C=O) groups is 1. The smallest absolute Gasteiger partial charge is 0.337 e. The summed E-state index contributed by atoms with van der Waals surface area (Å²) in [6.07, 6.45) is 2.55. The SMILES string of the molecule is CC(C)N(CC1CC1)c1ccccc1C(=O)O. The fourth-order valence-corrected chi connectivity index (χ4v) is 2.07. The van der Waals surface area contributed by atoms with Crippen LogP contribution in [0.4, 0.5) is 5.69 Å². The molecule has 0 spiro atoms. The Hall–Kier alpha value is -1.51. The number of hydrogen-bond acceptors (Lipinski definition) is 2. The zero-order chi connectivity index (χ0) is 12.4. The monoisotopic (exact) mass is 233 g/mol. The number of anilines is 1. The fourth-order valence-electron chi connectivity index (χ4n) is 2.07. The van der Waals surface area contributed by atoms with E-state index in [1.54, 1.807) is 12.1 Å². The van der Waals surface area contributed by atoms with E-state index in [1.165, 1.54) is 12.8 Å². The number of rotatable bonds is 5. The van der Waals surface area contributed by atoms with Crippen molar-refractivity contribution in [2.45, 2.75) is 32.7 Å². The maximum Gasteiger partial charge on any atom is 0.337 e. The minimum Gasteiger partial charge on any atom is -0.478 e. The molecule has 0 unspecified atom stereocenters. The van der Waals surface area contributed by atoms with Gasteiger partial charge in [-0.05, 0) is 44.7 Å². The molecular weight excluding hydrogens is 214 g/mol. The van der Waals surface area contributed by atoms with Crippen LogP contribution in [-0.2, 0) is 0 Å². The van der Waals surface area contributed by atoms with Gasteiger partial charge in [-0.2, -0.15) is 0 Å². The van der Waals surface area contributed by atoms with Crippen LogP contribution in [0.1, 0.15) is 37.0 Å². The van der Waals surface area contributed by atoms with Crippen molar-refractivity contribution in [2.75, 3.05) is 11.4 Å². The van der Waals surface area contributed by atoms with Gasteiger partial charge in [0.25, 0.3) is 0 Å². The molecule has 0 saturated heterocycles. The van der Waals surface area contributed by atoms with Crippen molar-refractivity contribution in [3.8, 4) is 0 Å². The van der Waals surface area contributed by atoms with Gasteiger partial charge in [0, 0.05) is 12.6 Å². The number of hydrogen-bond donors (Lipinski definition) is 1. The van der Waals surface area contributed by atoms with Crippen LogP contribution in [0.2, 0.25) is 0 Å². The fraction of sp³-hybridized carbons (Fsp3) is 0.500. The molecule has 1 fully saturated rings. The second-order valence-corrected chi connectivity index (χ2v) is 5.01. The minimum atomic E-state index is -0.845. The maximum atomic E-state index is 11.2. The van der Waals surface area contributed by atoms with Crippen LogP contribution >= 0.6 is 0 Å². The first-order chi connectivity index (χ1) is 8.09. The van der Waals surface area contributed by atoms with Crippen LogP contribution in [0.3, 0.4) is 0 Å². The minimum absolute atomic E-state index is 0.330. The van der Waals surface area contributed by atoms with E-state index in [0.29, 0.717) is 11.6 Å². The van der Waals surface area contributed by atoms with E-state index < -0.39 is 5.97 Å². The first kappa shape index (κ1) is 12.0. The van der Waals surface area contributed by atoms with Crippen LogP contribution in [0.5, 0.6) is 0 Å². The van der Waals surface area contributed by atoms with Gasteiger partial charge in [0.05, 0.1) is 11.3 Å². The second-order valence-electron chi connectivity index (χ2n) is 5.01. The molecule has 1 aliphatic carbocycles. The molecule has 1 N–H and O–H groups in total. The van der Waals surface area contributed by atoms with Gasteiger partial charge in [-0.25, -0.2) is 4.79 Å². The lowest BCUT2D eigenvalue weighted by atomic mass is 10.1. The summed E-state index contributed by atoms with van der Waals surface area (Å²) in [7, 11) is 0. The van der Waals surface area contributed by atoms with Gasteiger partial charge < -0.3 is 10.0 Å². The summed E-state index contributed by atoms with van der Waals surface area (Å²) < 4.78 is 0. The van der Waals surface area contributed by atoms with Crippen LogP contribution in [0, 0.1) is 5.92 Å². The van der Waals surface area contributed by atoms with Gasteiger partial charge in [0.1, 0.15) is 0 Å². The molecule has 0 amide bonds. The Labute approximate surface area is 102 Å². The Morgan fingerprint density at radius 2 is 2.06 bits per heavy atom. The summed E-state index contributed by atoms with van der Waals surface area (Å²) in [4.78, 5) is 13.4. The Morgan fingerprint density at radius 3 is 2.59 bits per heavy atom. The van der Waals surface area contributed by atoms with Crippen LogP contribution < -0.4 is 4.90 Å². The summed E-state index contributed by atoms with van der Waals surface area (Å²) in [5.41, 5.74) is 1.25. The largest absolute Gasteiger partial charge is 0.478 e. The van der Waals surface area contributed by atoms with Crippen LogP contribution in [-0.4, -0.2) is 23.7 Å². The molecule has 1 aromatic rings. The zero-order valence-corrected chi connectivity index (χ0v) is 10.4. The van der Waals surface area contributed by atoms with Crippen LogP contribution in [0.15, 0.2) is 24.3 Å². The third kappa shape index (κ3) is 2.78. The number of carboxylic acids is 1. The molecule has 1 aliphatic rings. The first-order valence-electron chi connectivity index (χ1n) is 6.18. The zero-order valence-electron chi connectivity index (χ0n) is 10.4. The van der Waals surface area contributed by atoms with E-state index >= 15 is 0 Å². The molecule has 0 aliphatic heterocycles. The molecular formula is C14H19NO2. The average Bonchev–Trinajstić information content (AvgIpc) is 3.09. The Bertz CT molecular complexity index is 410. The van der Waals surface area contributed by atoms with Gasteiger partial charge in [0.2, 0.25) is 0 Å². The molecule has 92 valence electrons.